The van der Waals surface area contributed by atoms with Crippen molar-refractivity contribution >= 4 is 21.8 Å². The van der Waals surface area contributed by atoms with E-state index in [-0.39, 0.29) is 24.2 Å². The van der Waals surface area contributed by atoms with Crippen LogP contribution in [0.3, 0.4) is 0 Å². The molecular formula is C51H34N4. The summed E-state index contributed by atoms with van der Waals surface area (Å²) >= 11 is 0. The molecule has 2 heterocycles. The van der Waals surface area contributed by atoms with E-state index < -0.39 is 0 Å². The Balaban J connectivity index is 1.13. The van der Waals surface area contributed by atoms with Gasteiger partial charge in [-0.1, -0.05) is 158 Å². The molecule has 0 unspecified atom stereocenters. The van der Waals surface area contributed by atoms with Crippen molar-refractivity contribution in [3.05, 3.63) is 206 Å². The highest BCUT2D eigenvalue weighted by Gasteiger charge is 2.18. The van der Waals surface area contributed by atoms with Gasteiger partial charge in [-0.15, -0.1) is 0 Å². The number of hydrogen-bond acceptors (Lipinski definition) is 3. The van der Waals surface area contributed by atoms with Crippen LogP contribution in [0.25, 0.3) is 95.0 Å². The smallest absolute Gasteiger partial charge is 0.164 e. The third-order valence-electron chi connectivity index (χ3n) is 9.98. The van der Waals surface area contributed by atoms with E-state index >= 15 is 0 Å². The monoisotopic (exact) mass is 706 g/mol. The van der Waals surface area contributed by atoms with Gasteiger partial charge in [-0.2, -0.15) is 0 Å². The lowest BCUT2D eigenvalue weighted by atomic mass is 9.96. The van der Waals surface area contributed by atoms with Crippen molar-refractivity contribution in [1.29, 1.82) is 0 Å². The average molecular weight is 707 g/mol. The molecule has 0 aliphatic carbocycles. The van der Waals surface area contributed by atoms with Gasteiger partial charge in [-0.05, 0) is 81.9 Å². The highest BCUT2D eigenvalue weighted by atomic mass is 15.0. The summed E-state index contributed by atoms with van der Waals surface area (Å²) in [4.78, 5) is 14.9. The maximum absolute atomic E-state index is 9.19. The predicted molar refractivity (Wildman–Crippen MR) is 227 cm³/mol. The Morgan fingerprint density at radius 2 is 0.836 bits per heavy atom. The van der Waals surface area contributed by atoms with Crippen LogP contribution in [0.2, 0.25) is 0 Å². The highest BCUT2D eigenvalue weighted by molar-refractivity contribution is 6.15. The SMILES string of the molecule is [2H]c1c([2H])c([2H])c2c(c1[2H])c1c(-c3cccc(-c4ccccc4)c3)cccc1n2-c1ccc(-c2nc(-c3ccccc3)nc(-c3cccc(-c4ccccc4)c3)n2)cc1. The first-order valence-electron chi connectivity index (χ1n) is 20.2. The third kappa shape index (κ3) is 6.06. The minimum Gasteiger partial charge on any atom is -0.309 e. The van der Waals surface area contributed by atoms with Gasteiger partial charge in [-0.25, -0.2) is 15.0 Å². The summed E-state index contributed by atoms with van der Waals surface area (Å²) in [5, 5.41) is 1.24. The molecule has 0 atom stereocenters. The molecule has 55 heavy (non-hydrogen) atoms. The van der Waals surface area contributed by atoms with Gasteiger partial charge >= 0.3 is 0 Å². The number of rotatable bonds is 7. The van der Waals surface area contributed by atoms with Crippen LogP contribution in [0, 0.1) is 0 Å². The second kappa shape index (κ2) is 13.8. The largest absolute Gasteiger partial charge is 0.309 e. The van der Waals surface area contributed by atoms with Gasteiger partial charge in [0, 0.05) is 33.2 Å². The molecule has 10 rings (SSSR count). The highest BCUT2D eigenvalue weighted by Crippen LogP contribution is 2.40. The van der Waals surface area contributed by atoms with E-state index in [1.54, 1.807) is 0 Å². The molecule has 0 bridgehead atoms. The molecule has 0 amide bonds. The van der Waals surface area contributed by atoms with E-state index in [1.165, 1.54) is 0 Å². The van der Waals surface area contributed by atoms with Crippen molar-refractivity contribution in [3.8, 4) is 73.2 Å². The second-order valence-electron chi connectivity index (χ2n) is 13.4. The third-order valence-corrected chi connectivity index (χ3v) is 9.98. The summed E-state index contributed by atoms with van der Waals surface area (Å²) in [6, 6.07) is 59.9. The molecule has 10 aromatic rings. The van der Waals surface area contributed by atoms with Crippen LogP contribution in [0.5, 0.6) is 0 Å². The van der Waals surface area contributed by atoms with Crippen LogP contribution < -0.4 is 0 Å². The van der Waals surface area contributed by atoms with E-state index in [0.717, 1.165) is 66.7 Å². The molecular weight excluding hydrogens is 669 g/mol. The lowest BCUT2D eigenvalue weighted by Gasteiger charge is -2.12. The van der Waals surface area contributed by atoms with E-state index in [2.05, 4.69) is 54.6 Å². The maximum Gasteiger partial charge on any atom is 0.164 e. The number of fused-ring (bicyclic) bond motifs is 3. The fraction of sp³-hybridized carbons (Fsp3) is 0. The molecule has 0 aliphatic heterocycles. The second-order valence-corrected chi connectivity index (χ2v) is 13.4. The van der Waals surface area contributed by atoms with Crippen molar-refractivity contribution in [2.75, 3.05) is 0 Å². The van der Waals surface area contributed by atoms with Crippen LogP contribution >= 0.6 is 0 Å². The van der Waals surface area contributed by atoms with Gasteiger partial charge < -0.3 is 4.57 Å². The van der Waals surface area contributed by atoms with Crippen molar-refractivity contribution in [1.82, 2.24) is 19.5 Å². The Morgan fingerprint density at radius 1 is 0.364 bits per heavy atom. The van der Waals surface area contributed by atoms with Crippen LogP contribution in [0.4, 0.5) is 0 Å². The molecule has 4 nitrogen and oxygen atoms in total. The Kier molecular flexibility index (Phi) is 7.08. The van der Waals surface area contributed by atoms with Crippen molar-refractivity contribution in [3.63, 3.8) is 0 Å². The fourth-order valence-corrected chi connectivity index (χ4v) is 7.35. The number of aromatic nitrogens is 4. The van der Waals surface area contributed by atoms with E-state index in [0.29, 0.717) is 28.4 Å². The lowest BCUT2D eigenvalue weighted by molar-refractivity contribution is 1.07. The van der Waals surface area contributed by atoms with Gasteiger partial charge in [0.25, 0.3) is 0 Å². The standard InChI is InChI=1S/C51H34N4/c1-4-15-35(16-5-1)39-21-12-23-41(33-39)44-26-14-28-47-48(44)45-25-10-11-27-46(45)55(47)43-31-29-38(30-32-43)50-52-49(37-19-8-3-9-20-37)53-51(54-50)42-24-13-22-40(34-42)36-17-6-2-7-18-36/h1-34H/i10D,11D,25D,27D. The van der Waals surface area contributed by atoms with Crippen LogP contribution in [-0.4, -0.2) is 19.5 Å². The van der Waals surface area contributed by atoms with E-state index in [4.69, 9.17) is 17.7 Å². The molecule has 4 heteroatoms. The summed E-state index contributed by atoms with van der Waals surface area (Å²) in [7, 11) is 0. The van der Waals surface area contributed by atoms with Gasteiger partial charge in [0.15, 0.2) is 17.5 Å². The molecule has 0 saturated carbocycles. The molecule has 8 aromatic carbocycles. The zero-order valence-corrected chi connectivity index (χ0v) is 29.6. The molecule has 0 fully saturated rings. The predicted octanol–water partition coefficient (Wildman–Crippen LogP) is 13.0. The summed E-state index contributed by atoms with van der Waals surface area (Å²) < 4.78 is 37.7. The molecule has 2 aromatic heterocycles. The van der Waals surface area contributed by atoms with Crippen molar-refractivity contribution in [2.24, 2.45) is 0 Å². The Bertz CT molecular complexity index is 3190. The van der Waals surface area contributed by atoms with Crippen molar-refractivity contribution < 1.29 is 5.48 Å². The lowest BCUT2D eigenvalue weighted by Crippen LogP contribution is -2.00. The molecule has 0 N–H and O–H groups in total. The molecule has 0 saturated heterocycles. The van der Waals surface area contributed by atoms with Crippen LogP contribution in [-0.2, 0) is 0 Å². The minimum atomic E-state index is -0.279. The molecule has 0 aliphatic rings. The summed E-state index contributed by atoms with van der Waals surface area (Å²) in [5.74, 6) is 1.62. The topological polar surface area (TPSA) is 43.6 Å². The molecule has 0 spiro atoms. The summed E-state index contributed by atoms with van der Waals surface area (Å²) in [5.41, 5.74) is 10.6. The van der Waals surface area contributed by atoms with Gasteiger partial charge in [-0.3, -0.25) is 0 Å². The number of nitrogens with zero attached hydrogens (tertiary/aromatic N) is 4. The quantitative estimate of drug-likeness (QED) is 0.166. The fourth-order valence-electron chi connectivity index (χ4n) is 7.35. The Hall–Kier alpha value is -7.43. The zero-order chi connectivity index (χ0) is 40.0. The van der Waals surface area contributed by atoms with Gasteiger partial charge in [0.2, 0.25) is 0 Å². The van der Waals surface area contributed by atoms with E-state index in [9.17, 15) is 2.74 Å². The van der Waals surface area contributed by atoms with Crippen LogP contribution in [0.1, 0.15) is 5.48 Å². The Morgan fingerprint density at radius 3 is 1.47 bits per heavy atom. The summed E-state index contributed by atoms with van der Waals surface area (Å²) in [6.45, 7) is 0. The summed E-state index contributed by atoms with van der Waals surface area (Å²) in [6.07, 6.45) is 0. The normalized spacial score (nSPS) is 12.3. The van der Waals surface area contributed by atoms with Crippen molar-refractivity contribution in [2.45, 2.75) is 0 Å². The minimum absolute atomic E-state index is 0.0736. The average Bonchev–Trinajstić information content (AvgIpc) is 3.67. The Labute approximate surface area is 325 Å². The van der Waals surface area contributed by atoms with Gasteiger partial charge in [0.1, 0.15) is 0 Å². The van der Waals surface area contributed by atoms with Crippen LogP contribution in [0.15, 0.2) is 206 Å². The number of para-hydroxylation sites is 1. The number of hydrogen-bond donors (Lipinski definition) is 0. The maximum atomic E-state index is 9.19. The van der Waals surface area contributed by atoms with Gasteiger partial charge in [0.05, 0.1) is 16.5 Å². The van der Waals surface area contributed by atoms with E-state index in [1.807, 2.05) is 132 Å². The molecule has 0 radical (unpaired) electrons. The number of benzene rings is 8. The first kappa shape index (κ1) is 28.1. The first-order chi connectivity index (χ1) is 28.9. The molecule has 258 valence electrons. The zero-order valence-electron chi connectivity index (χ0n) is 33.6. The first-order valence-corrected chi connectivity index (χ1v) is 18.2.